The van der Waals surface area contributed by atoms with Crippen molar-refractivity contribution in [3.8, 4) is 11.1 Å². The van der Waals surface area contributed by atoms with Crippen molar-refractivity contribution in [1.82, 2.24) is 0 Å². The van der Waals surface area contributed by atoms with Crippen LogP contribution in [0.4, 0.5) is 0 Å². The predicted octanol–water partition coefficient (Wildman–Crippen LogP) is 6.55. The van der Waals surface area contributed by atoms with E-state index in [2.05, 4.69) is 66.7 Å². The Kier molecular flexibility index (Phi) is 3.68. The Balaban J connectivity index is 1.78. The molecule has 0 aliphatic heterocycles. The van der Waals surface area contributed by atoms with Gasteiger partial charge in [0.1, 0.15) is 0 Å². The van der Waals surface area contributed by atoms with E-state index in [0.717, 1.165) is 5.92 Å². The zero-order valence-corrected chi connectivity index (χ0v) is 13.0. The second kappa shape index (κ2) is 5.96. The van der Waals surface area contributed by atoms with Gasteiger partial charge in [0, 0.05) is 0 Å². The number of hydrogen-bond acceptors (Lipinski definition) is 0. The maximum Gasteiger partial charge on any atom is -0.0105 e. The highest BCUT2D eigenvalue weighted by Crippen LogP contribution is 2.35. The highest BCUT2D eigenvalue weighted by atomic mass is 14.2. The Hall–Kier alpha value is -2.08. The number of fused-ring (bicyclic) bond motifs is 1. The number of benzene rings is 3. The minimum absolute atomic E-state index is 0.776. The molecule has 4 rings (SSSR count). The average Bonchev–Trinajstić information content (AvgIpc) is 2.62. The van der Waals surface area contributed by atoms with Gasteiger partial charge in [-0.25, -0.2) is 0 Å². The number of rotatable bonds is 2. The van der Waals surface area contributed by atoms with Crippen LogP contribution in [0.15, 0.2) is 66.7 Å². The van der Waals surface area contributed by atoms with Crippen LogP contribution in [-0.4, -0.2) is 0 Å². The zero-order valence-electron chi connectivity index (χ0n) is 13.0. The van der Waals surface area contributed by atoms with E-state index in [-0.39, 0.29) is 0 Å². The molecule has 1 aliphatic carbocycles. The van der Waals surface area contributed by atoms with Crippen molar-refractivity contribution >= 4 is 10.8 Å². The topological polar surface area (TPSA) is 0 Å². The molecule has 1 saturated carbocycles. The van der Waals surface area contributed by atoms with E-state index in [4.69, 9.17) is 0 Å². The predicted molar refractivity (Wildman–Crippen MR) is 95.2 cm³/mol. The lowest BCUT2D eigenvalue weighted by molar-refractivity contribution is 0.444. The summed E-state index contributed by atoms with van der Waals surface area (Å²) in [7, 11) is 0. The molecule has 0 N–H and O–H groups in total. The van der Waals surface area contributed by atoms with Crippen LogP contribution in [0.2, 0.25) is 0 Å². The van der Waals surface area contributed by atoms with E-state index in [1.54, 1.807) is 0 Å². The van der Waals surface area contributed by atoms with E-state index in [1.807, 2.05) is 0 Å². The summed E-state index contributed by atoms with van der Waals surface area (Å²) in [6.45, 7) is 0. The van der Waals surface area contributed by atoms with Gasteiger partial charge >= 0.3 is 0 Å². The van der Waals surface area contributed by atoms with E-state index in [0.29, 0.717) is 0 Å². The molecule has 0 spiro atoms. The molecule has 0 heterocycles. The van der Waals surface area contributed by atoms with Crippen molar-refractivity contribution in [1.29, 1.82) is 0 Å². The molecule has 22 heavy (non-hydrogen) atoms. The van der Waals surface area contributed by atoms with Crippen LogP contribution in [0.5, 0.6) is 0 Å². The maximum atomic E-state index is 2.43. The van der Waals surface area contributed by atoms with Gasteiger partial charge < -0.3 is 0 Å². The zero-order chi connectivity index (χ0) is 14.8. The first-order valence-electron chi connectivity index (χ1n) is 8.50. The number of hydrogen-bond donors (Lipinski definition) is 0. The SMILES string of the molecule is c1ccc(-c2cccc3cc(C4CCCCC4)ccc23)cc1. The molecule has 1 aliphatic rings. The molecule has 3 aromatic rings. The second-order valence-electron chi connectivity index (χ2n) is 6.49. The van der Waals surface area contributed by atoms with Crippen LogP contribution >= 0.6 is 0 Å². The minimum atomic E-state index is 0.776. The molecule has 0 atom stereocenters. The van der Waals surface area contributed by atoms with Crippen molar-refractivity contribution in [2.24, 2.45) is 0 Å². The molecule has 0 bridgehead atoms. The summed E-state index contributed by atoms with van der Waals surface area (Å²) in [4.78, 5) is 0. The first-order chi connectivity index (χ1) is 10.9. The summed E-state index contributed by atoms with van der Waals surface area (Å²) in [5, 5.41) is 2.75. The molecule has 1 fully saturated rings. The third-order valence-corrected chi connectivity index (χ3v) is 5.07. The highest BCUT2D eigenvalue weighted by Gasteiger charge is 2.16. The van der Waals surface area contributed by atoms with Gasteiger partial charge in [-0.05, 0) is 46.2 Å². The highest BCUT2D eigenvalue weighted by molar-refractivity contribution is 5.97. The van der Waals surface area contributed by atoms with Gasteiger partial charge in [-0.1, -0.05) is 86.0 Å². The largest absolute Gasteiger partial charge is 0.0622 e. The normalized spacial score (nSPS) is 16.0. The molecule has 3 aromatic carbocycles. The molecular weight excluding hydrogens is 264 g/mol. The van der Waals surface area contributed by atoms with E-state index in [9.17, 15) is 0 Å². The molecule has 0 unspecified atom stereocenters. The summed E-state index contributed by atoms with van der Waals surface area (Å²) in [5.74, 6) is 0.776. The Morgan fingerprint density at radius 1 is 0.682 bits per heavy atom. The van der Waals surface area contributed by atoms with Crippen LogP contribution in [0.1, 0.15) is 43.6 Å². The molecule has 0 radical (unpaired) electrons. The monoisotopic (exact) mass is 286 g/mol. The van der Waals surface area contributed by atoms with Gasteiger partial charge in [0.05, 0.1) is 0 Å². The standard InChI is InChI=1S/C22H22/c1-3-8-17(9-4-1)19-14-15-22-20(16-19)12-7-13-21(22)18-10-5-2-6-11-18/h2,5-7,10-17H,1,3-4,8-9H2. The fourth-order valence-electron chi connectivity index (χ4n) is 3.86. The molecule has 0 heteroatoms. The van der Waals surface area contributed by atoms with Crippen LogP contribution in [0.3, 0.4) is 0 Å². The van der Waals surface area contributed by atoms with Gasteiger partial charge in [-0.3, -0.25) is 0 Å². The quantitative estimate of drug-likeness (QED) is 0.500. The van der Waals surface area contributed by atoms with E-state index < -0.39 is 0 Å². The molecular formula is C22H22. The molecule has 0 aromatic heterocycles. The Morgan fingerprint density at radius 3 is 2.32 bits per heavy atom. The first-order valence-corrected chi connectivity index (χ1v) is 8.50. The van der Waals surface area contributed by atoms with Crippen molar-refractivity contribution in [3.05, 3.63) is 72.3 Å². The summed E-state index contributed by atoms with van der Waals surface area (Å²) in [6.07, 6.45) is 6.94. The van der Waals surface area contributed by atoms with Crippen molar-refractivity contribution in [2.45, 2.75) is 38.0 Å². The smallest absolute Gasteiger partial charge is 0.0105 e. The van der Waals surface area contributed by atoms with Crippen molar-refractivity contribution < 1.29 is 0 Å². The molecule has 0 nitrogen and oxygen atoms in total. The fourth-order valence-corrected chi connectivity index (χ4v) is 3.86. The van der Waals surface area contributed by atoms with Gasteiger partial charge in [-0.2, -0.15) is 0 Å². The summed E-state index contributed by atoms with van der Waals surface area (Å²) >= 11 is 0. The van der Waals surface area contributed by atoms with Gasteiger partial charge in [0.2, 0.25) is 0 Å². The lowest BCUT2D eigenvalue weighted by Crippen LogP contribution is -2.04. The van der Waals surface area contributed by atoms with Crippen LogP contribution in [0, 0.1) is 0 Å². The van der Waals surface area contributed by atoms with Crippen molar-refractivity contribution in [2.75, 3.05) is 0 Å². The lowest BCUT2D eigenvalue weighted by atomic mass is 9.83. The second-order valence-corrected chi connectivity index (χ2v) is 6.49. The van der Waals surface area contributed by atoms with Crippen LogP contribution < -0.4 is 0 Å². The summed E-state index contributed by atoms with van der Waals surface area (Å²) in [5.41, 5.74) is 4.18. The minimum Gasteiger partial charge on any atom is -0.0622 e. The summed E-state index contributed by atoms with van der Waals surface area (Å²) < 4.78 is 0. The molecule has 0 amide bonds. The average molecular weight is 286 g/mol. The van der Waals surface area contributed by atoms with Crippen LogP contribution in [0.25, 0.3) is 21.9 Å². The Morgan fingerprint density at radius 2 is 1.50 bits per heavy atom. The third-order valence-electron chi connectivity index (χ3n) is 5.07. The fraction of sp³-hybridized carbons (Fsp3) is 0.273. The van der Waals surface area contributed by atoms with Crippen molar-refractivity contribution in [3.63, 3.8) is 0 Å². The Bertz CT molecular complexity index is 764. The first kappa shape index (κ1) is 13.6. The van der Waals surface area contributed by atoms with Gasteiger partial charge in [-0.15, -0.1) is 0 Å². The summed E-state index contributed by atoms with van der Waals surface area (Å²) in [6, 6.07) is 24.5. The molecule has 110 valence electrons. The lowest BCUT2D eigenvalue weighted by Gasteiger charge is -2.22. The third kappa shape index (κ3) is 2.54. The Labute approximate surface area is 132 Å². The molecule has 0 saturated heterocycles. The van der Waals surface area contributed by atoms with Gasteiger partial charge in [0.25, 0.3) is 0 Å². The van der Waals surface area contributed by atoms with Gasteiger partial charge in [0.15, 0.2) is 0 Å². The van der Waals surface area contributed by atoms with E-state index >= 15 is 0 Å². The maximum absolute atomic E-state index is 2.43. The van der Waals surface area contributed by atoms with Crippen LogP contribution in [-0.2, 0) is 0 Å². The van der Waals surface area contributed by atoms with E-state index in [1.165, 1.54) is 59.6 Å².